The number of likely N-dealkylation sites (tertiary alicyclic amines) is 3. The van der Waals surface area contributed by atoms with Gasteiger partial charge < -0.3 is 109 Å². The number of hydrogen-bond acceptors (Lipinski definition) is 22. The molecule has 7 heterocycles. The van der Waals surface area contributed by atoms with Crippen LogP contribution in [-0.4, -0.2) is 330 Å². The van der Waals surface area contributed by atoms with Crippen molar-refractivity contribution in [3.8, 4) is 0 Å². The summed E-state index contributed by atoms with van der Waals surface area (Å²) in [5, 5.41) is 32.0. The Kier molecular flexibility index (Phi) is 58.7. The van der Waals surface area contributed by atoms with Gasteiger partial charge in [-0.2, -0.15) is 0 Å². The predicted octanol–water partition coefficient (Wildman–Crippen LogP) is 7.50. The van der Waals surface area contributed by atoms with Gasteiger partial charge in [0.2, 0.25) is 0 Å². The molecule has 7 aliphatic carbocycles. The monoisotopic (exact) mass is 1570 g/mol. The molecule has 0 aromatic carbocycles. The molecule has 14 aliphatic rings. The van der Waals surface area contributed by atoms with Gasteiger partial charge in [0.15, 0.2) is 5.96 Å². The Hall–Kier alpha value is -1.57. The van der Waals surface area contributed by atoms with E-state index in [-0.39, 0.29) is 0 Å². The third kappa shape index (κ3) is 48.3. The lowest BCUT2D eigenvalue weighted by Gasteiger charge is -2.57. The van der Waals surface area contributed by atoms with Crippen molar-refractivity contribution in [2.24, 2.45) is 63.4 Å². The second-order valence-corrected chi connectivity index (χ2v) is 35.1. The highest BCUT2D eigenvalue weighted by atomic mass is 16.5. The minimum atomic E-state index is 0.522. The Morgan fingerprint density at radius 2 is 0.802 bits per heavy atom. The number of nitrogens with one attached hydrogen (secondary N) is 8. The molecule has 14 rings (SSSR count). The third-order valence-corrected chi connectivity index (χ3v) is 25.5. The van der Waals surface area contributed by atoms with Crippen LogP contribution in [0.3, 0.4) is 0 Å². The van der Waals surface area contributed by atoms with Crippen molar-refractivity contribution in [1.82, 2.24) is 72.2 Å². The van der Waals surface area contributed by atoms with Gasteiger partial charge in [0.25, 0.3) is 0 Å². The van der Waals surface area contributed by atoms with Crippen LogP contribution >= 0.6 is 0 Å². The predicted molar refractivity (Wildman–Crippen MR) is 466 cm³/mol. The zero-order valence-electron chi connectivity index (χ0n) is 72.4. The van der Waals surface area contributed by atoms with E-state index in [1.54, 1.807) is 0 Å². The molecule has 0 radical (unpaired) electrons. The highest BCUT2D eigenvalue weighted by Crippen LogP contribution is 2.55. The first-order valence-electron chi connectivity index (χ1n) is 47.0. The summed E-state index contributed by atoms with van der Waals surface area (Å²) in [5.41, 5.74) is 22.3. The van der Waals surface area contributed by atoms with Crippen molar-refractivity contribution >= 4 is 5.96 Å². The number of nitrogens with two attached hydrogens (primary N) is 4. The zero-order chi connectivity index (χ0) is 78.4. The summed E-state index contributed by atoms with van der Waals surface area (Å²) in [7, 11) is 6.63. The largest absolute Gasteiger partial charge is 0.378 e. The van der Waals surface area contributed by atoms with Crippen LogP contribution in [0.2, 0.25) is 0 Å². The number of nitrogens with zero attached hydrogens (tertiary/aromatic N) is 7. The number of piperidine rings is 2. The van der Waals surface area contributed by atoms with Crippen LogP contribution in [-0.2, 0) is 23.7 Å². The van der Waals surface area contributed by atoms with Gasteiger partial charge in [0.05, 0.1) is 72.1 Å². The molecule has 0 unspecified atom stereocenters. The van der Waals surface area contributed by atoms with Crippen LogP contribution < -0.4 is 65.5 Å². The fraction of sp³-hybridized carbons (Fsp3) is 0.989. The zero-order valence-corrected chi connectivity index (χ0v) is 72.4. The molecule has 0 spiro atoms. The van der Waals surface area contributed by atoms with Crippen molar-refractivity contribution in [1.29, 1.82) is 0 Å². The molecule has 0 amide bonds. The summed E-state index contributed by atoms with van der Waals surface area (Å²) in [5.74, 6) is 7.45. The Labute approximate surface area is 681 Å². The summed E-state index contributed by atoms with van der Waals surface area (Å²) in [6.45, 7) is 38.0. The lowest BCUT2D eigenvalue weighted by atomic mass is 9.53. The minimum Gasteiger partial charge on any atom is -0.378 e. The summed E-state index contributed by atoms with van der Waals surface area (Å²) < 4.78 is 27.1. The van der Waals surface area contributed by atoms with Crippen molar-refractivity contribution in [2.45, 2.75) is 242 Å². The molecule has 111 heavy (non-hydrogen) atoms. The number of hydrazine groups is 1. The van der Waals surface area contributed by atoms with E-state index < -0.39 is 0 Å². The molecule has 24 heteroatoms. The number of hydrogen-bond donors (Lipinski definition) is 12. The summed E-state index contributed by atoms with van der Waals surface area (Å²) in [6.07, 6.45) is 49.3. The van der Waals surface area contributed by atoms with Gasteiger partial charge >= 0.3 is 0 Å². The van der Waals surface area contributed by atoms with Gasteiger partial charge in [-0.15, -0.1) is 0 Å². The van der Waals surface area contributed by atoms with E-state index in [0.29, 0.717) is 70.5 Å². The number of morpholine rings is 1. The SMILES string of the molecule is C1CCC(N=C(NC2CCCCC2)N2CCOCC2)CC1.C1CNCCNCCNCCN1.C1COCCOCCNCCOCCOCCN1.CN1CCC(CCCC2CCN(C)CC2)CC1.CN1CCCN1CCN.NCCCCC1CCCCC1.NCCCN1CCCC1.NCCNC12CC3CC(CC(C3)C1)C2. The van der Waals surface area contributed by atoms with E-state index in [2.05, 4.69) is 93.3 Å². The maximum absolute atomic E-state index is 5.60. The quantitative estimate of drug-likeness (QED) is 0.0360. The van der Waals surface area contributed by atoms with E-state index in [1.165, 1.54) is 290 Å². The van der Waals surface area contributed by atoms with Crippen LogP contribution in [0.25, 0.3) is 0 Å². The van der Waals surface area contributed by atoms with E-state index in [9.17, 15) is 0 Å². The molecule has 4 bridgehead atoms. The summed E-state index contributed by atoms with van der Waals surface area (Å²) in [6, 6.07) is 1.19. The minimum absolute atomic E-state index is 0.522. The van der Waals surface area contributed by atoms with Gasteiger partial charge in [-0.3, -0.25) is 0 Å². The molecular formula is C87H181N19O5. The van der Waals surface area contributed by atoms with Crippen molar-refractivity contribution < 1.29 is 23.7 Å². The van der Waals surface area contributed by atoms with Gasteiger partial charge in [0.1, 0.15) is 0 Å². The van der Waals surface area contributed by atoms with E-state index >= 15 is 0 Å². The lowest BCUT2D eigenvalue weighted by Crippen LogP contribution is -2.59. The first-order valence-corrected chi connectivity index (χ1v) is 47.0. The topological polar surface area (TPSA) is 278 Å². The molecule has 7 aliphatic heterocycles. The molecular weight excluding hydrogens is 1390 g/mol. The van der Waals surface area contributed by atoms with Crippen LogP contribution in [0.1, 0.15) is 225 Å². The molecule has 16 N–H and O–H groups in total. The second kappa shape index (κ2) is 66.3. The maximum atomic E-state index is 5.60. The molecule has 654 valence electrons. The maximum Gasteiger partial charge on any atom is 0.194 e. The average molecular weight is 1570 g/mol. The number of rotatable bonds is 18. The molecule has 7 saturated carbocycles. The van der Waals surface area contributed by atoms with Crippen LogP contribution in [0.4, 0.5) is 0 Å². The summed E-state index contributed by atoms with van der Waals surface area (Å²) >= 11 is 0. The van der Waals surface area contributed by atoms with Crippen molar-refractivity contribution in [3.05, 3.63) is 0 Å². The first kappa shape index (κ1) is 98.3. The molecule has 0 aromatic heterocycles. The van der Waals surface area contributed by atoms with Gasteiger partial charge in [-0.25, -0.2) is 15.0 Å². The Morgan fingerprint density at radius 3 is 1.23 bits per heavy atom. The van der Waals surface area contributed by atoms with Crippen molar-refractivity contribution in [3.63, 3.8) is 0 Å². The molecule has 7 saturated heterocycles. The van der Waals surface area contributed by atoms with Crippen LogP contribution in [0, 0.1) is 35.5 Å². The Bertz CT molecular complexity index is 1920. The van der Waals surface area contributed by atoms with Crippen LogP contribution in [0.15, 0.2) is 4.99 Å². The highest BCUT2D eigenvalue weighted by molar-refractivity contribution is 5.80. The Balaban J connectivity index is 0.000000201. The average Bonchev–Trinajstić information content (AvgIpc) is 1.37. The third-order valence-electron chi connectivity index (χ3n) is 25.5. The standard InChI is InChI=1S/C17H31N3O.C15H30N2.C12H26N2O4.C12H22N2.C10H21N.C8H20N4.C7H16N2.C6H15N3/c1-3-7-15(8-4-1)18-17(20-11-13-21-14-12-20)19-16-9-5-2-6-10-16;1-16-10-6-14(7-11-16)4-3-5-15-8-12-17(2)13-9-15;1-5-15-9-10-17-7-3-14-4-8-18-12-11-16-6-2-13-1;13-1-2-14-12-6-9-3-10(7-12)5-11(4-9)8-12;11-9-5-4-8-10-6-2-1-3-7-10;1-2-10-5-6-12-8-7-11-4-3-9-1;8-4-3-7-9-5-1-2-6-9;1-8-4-2-5-9(8)6-3-7/h15-16H,1-14H2,(H,18,19);14-15H,3-13H2,1-2H3;13-14H,1-12H2;9-11,14H,1-8,13H2;10H,1-9,11H2;9-12H,1-8H2;1-8H2;2-7H2,1H3. The highest BCUT2D eigenvalue weighted by Gasteiger charge is 2.50. The number of ether oxygens (including phenoxy) is 5. The number of unbranched alkanes of at least 4 members (excludes halogenated alkanes) is 1. The van der Waals surface area contributed by atoms with Crippen LogP contribution in [0.5, 0.6) is 0 Å². The van der Waals surface area contributed by atoms with E-state index in [4.69, 9.17) is 51.6 Å². The molecule has 0 atom stereocenters. The van der Waals surface area contributed by atoms with Gasteiger partial charge in [-0.1, -0.05) is 103 Å². The molecule has 24 nitrogen and oxygen atoms in total. The Morgan fingerprint density at radius 1 is 0.378 bits per heavy atom. The summed E-state index contributed by atoms with van der Waals surface area (Å²) in [4.78, 5) is 15.0. The van der Waals surface area contributed by atoms with Gasteiger partial charge in [0, 0.05) is 150 Å². The van der Waals surface area contributed by atoms with E-state index in [1.807, 2.05) is 0 Å². The van der Waals surface area contributed by atoms with Crippen molar-refractivity contribution in [2.75, 3.05) is 277 Å². The molecule has 0 aromatic rings. The number of aliphatic imine (C=N–C) groups is 1. The van der Waals surface area contributed by atoms with Gasteiger partial charge in [-0.05, 0) is 231 Å². The molecule has 14 fully saturated rings. The first-order chi connectivity index (χ1) is 54.7. The smallest absolute Gasteiger partial charge is 0.194 e. The normalized spacial score (nSPS) is 27.5. The lowest BCUT2D eigenvalue weighted by molar-refractivity contribution is -0.0190. The second-order valence-electron chi connectivity index (χ2n) is 35.1. The fourth-order valence-electron chi connectivity index (χ4n) is 19.1. The number of guanidine groups is 1. The van der Waals surface area contributed by atoms with E-state index in [0.717, 1.165) is 180 Å². The fourth-order valence-corrected chi connectivity index (χ4v) is 19.1.